The second-order valence-corrected chi connectivity index (χ2v) is 7.52. The van der Waals surface area contributed by atoms with E-state index in [1.165, 1.54) is 28.7 Å². The van der Waals surface area contributed by atoms with E-state index in [2.05, 4.69) is 29.4 Å². The van der Waals surface area contributed by atoms with Crippen molar-refractivity contribution < 1.29 is 14.3 Å². The normalized spacial score (nSPS) is 11.8. The van der Waals surface area contributed by atoms with Gasteiger partial charge in [-0.3, -0.25) is 9.59 Å². The van der Waals surface area contributed by atoms with Crippen LogP contribution in [0.5, 0.6) is 0 Å². The average Bonchev–Trinajstić information content (AvgIpc) is 3.08. The Hall–Kier alpha value is -1.86. The van der Waals surface area contributed by atoms with E-state index in [0.717, 1.165) is 17.7 Å². The number of thioether (sulfide) groups is 1. The summed E-state index contributed by atoms with van der Waals surface area (Å²) in [7, 11) is 0. The molecule has 1 N–H and O–H groups in total. The highest BCUT2D eigenvalue weighted by atomic mass is 32.2. The molecule has 7 heteroatoms. The lowest BCUT2D eigenvalue weighted by Gasteiger charge is -2.09. The van der Waals surface area contributed by atoms with Crippen molar-refractivity contribution >= 4 is 40.1 Å². The number of hydrogen-bond acceptors (Lipinski definition) is 6. The molecule has 0 aliphatic rings. The van der Waals surface area contributed by atoms with Gasteiger partial charge < -0.3 is 10.1 Å². The molecule has 1 heterocycles. The van der Waals surface area contributed by atoms with Crippen LogP contribution in [-0.2, 0) is 20.7 Å². The second-order valence-electron chi connectivity index (χ2n) is 5.34. The molecule has 0 aliphatic heterocycles. The Morgan fingerprint density at radius 3 is 2.64 bits per heavy atom. The van der Waals surface area contributed by atoms with Crippen molar-refractivity contribution in [2.75, 3.05) is 17.7 Å². The largest absolute Gasteiger partial charge is 0.465 e. The summed E-state index contributed by atoms with van der Waals surface area (Å²) in [5.41, 5.74) is 3.15. The number of thiazole rings is 1. The molecule has 0 aliphatic carbocycles. The van der Waals surface area contributed by atoms with Gasteiger partial charge >= 0.3 is 5.97 Å². The van der Waals surface area contributed by atoms with Crippen molar-refractivity contribution in [3.8, 4) is 11.3 Å². The number of hydrogen-bond donors (Lipinski definition) is 1. The minimum Gasteiger partial charge on any atom is -0.465 e. The van der Waals surface area contributed by atoms with E-state index in [-0.39, 0.29) is 22.9 Å². The molecule has 0 bridgehead atoms. The first kappa shape index (κ1) is 19.5. The summed E-state index contributed by atoms with van der Waals surface area (Å²) in [6.07, 6.45) is 1.00. The number of nitrogens with one attached hydrogen (secondary N) is 1. The molecule has 1 aromatic heterocycles. The van der Waals surface area contributed by atoms with E-state index in [4.69, 9.17) is 4.74 Å². The van der Waals surface area contributed by atoms with Crippen LogP contribution in [0.25, 0.3) is 11.3 Å². The fourth-order valence-electron chi connectivity index (χ4n) is 2.05. The predicted molar refractivity (Wildman–Crippen MR) is 104 cm³/mol. The van der Waals surface area contributed by atoms with Crippen LogP contribution in [0.2, 0.25) is 0 Å². The molecular formula is C18H22N2O3S2. The van der Waals surface area contributed by atoms with Gasteiger partial charge in [-0.2, -0.15) is 0 Å². The Balaban J connectivity index is 1.91. The Labute approximate surface area is 156 Å². The lowest BCUT2D eigenvalue weighted by atomic mass is 10.1. The van der Waals surface area contributed by atoms with Crippen molar-refractivity contribution in [3.63, 3.8) is 0 Å². The van der Waals surface area contributed by atoms with Gasteiger partial charge in [-0.25, -0.2) is 4.98 Å². The fourth-order valence-corrected chi connectivity index (χ4v) is 3.46. The van der Waals surface area contributed by atoms with Gasteiger partial charge in [0.05, 0.1) is 23.3 Å². The summed E-state index contributed by atoms with van der Waals surface area (Å²) in [6.45, 7) is 5.99. The van der Waals surface area contributed by atoms with E-state index in [1.807, 2.05) is 17.5 Å². The molecule has 1 amide bonds. The number of amides is 1. The van der Waals surface area contributed by atoms with Crippen LogP contribution >= 0.6 is 23.1 Å². The highest BCUT2D eigenvalue weighted by Crippen LogP contribution is 2.26. The molecule has 1 atom stereocenters. The van der Waals surface area contributed by atoms with Crippen molar-refractivity contribution in [3.05, 3.63) is 35.2 Å². The third-order valence-electron chi connectivity index (χ3n) is 3.52. The number of nitrogens with zero attached hydrogens (tertiary/aromatic N) is 1. The summed E-state index contributed by atoms with van der Waals surface area (Å²) in [5, 5.41) is 4.93. The molecule has 0 radical (unpaired) electrons. The quantitative estimate of drug-likeness (QED) is 0.703. The molecule has 0 fully saturated rings. The number of ether oxygens (including phenoxy) is 1. The third kappa shape index (κ3) is 5.86. The maximum Gasteiger partial charge on any atom is 0.315 e. The molecule has 0 unspecified atom stereocenters. The van der Waals surface area contributed by atoms with E-state index >= 15 is 0 Å². The van der Waals surface area contributed by atoms with Crippen molar-refractivity contribution in [2.45, 2.75) is 32.4 Å². The fraction of sp³-hybridized carbons (Fsp3) is 0.389. The van der Waals surface area contributed by atoms with Crippen LogP contribution in [0, 0.1) is 0 Å². The van der Waals surface area contributed by atoms with Gasteiger partial charge in [0.2, 0.25) is 5.91 Å². The molecule has 2 rings (SSSR count). The molecule has 0 saturated carbocycles. The first-order chi connectivity index (χ1) is 12.0. The maximum absolute atomic E-state index is 12.2. The second kappa shape index (κ2) is 9.58. The van der Waals surface area contributed by atoms with Crippen LogP contribution in [0.15, 0.2) is 29.6 Å². The van der Waals surface area contributed by atoms with Crippen molar-refractivity contribution in [1.29, 1.82) is 0 Å². The highest BCUT2D eigenvalue weighted by molar-refractivity contribution is 8.01. The van der Waals surface area contributed by atoms with Crippen molar-refractivity contribution in [1.82, 2.24) is 4.98 Å². The molecular weight excluding hydrogens is 356 g/mol. The van der Waals surface area contributed by atoms with Gasteiger partial charge in [0.1, 0.15) is 0 Å². The van der Waals surface area contributed by atoms with Crippen LogP contribution in [0.1, 0.15) is 26.3 Å². The van der Waals surface area contributed by atoms with E-state index in [0.29, 0.717) is 11.7 Å². The smallest absolute Gasteiger partial charge is 0.315 e. The average molecular weight is 379 g/mol. The van der Waals surface area contributed by atoms with Gasteiger partial charge in [0.15, 0.2) is 5.13 Å². The van der Waals surface area contributed by atoms with E-state index in [1.54, 1.807) is 13.8 Å². The predicted octanol–water partition coefficient (Wildman–Crippen LogP) is 4.00. The summed E-state index contributed by atoms with van der Waals surface area (Å²) in [5.74, 6) is -0.314. The number of aryl methyl sites for hydroxylation is 1. The van der Waals surface area contributed by atoms with Crippen LogP contribution < -0.4 is 5.32 Å². The maximum atomic E-state index is 12.2. The number of rotatable bonds is 8. The summed E-state index contributed by atoms with van der Waals surface area (Å²) < 4.78 is 4.86. The summed E-state index contributed by atoms with van der Waals surface area (Å²) in [6, 6.07) is 8.25. The van der Waals surface area contributed by atoms with Crippen LogP contribution in [-0.4, -0.2) is 34.5 Å². The Kier molecular flexibility index (Phi) is 7.46. The van der Waals surface area contributed by atoms with E-state index < -0.39 is 0 Å². The number of carbonyl (C=O) groups excluding carboxylic acids is 2. The number of anilines is 1. The minimum atomic E-state index is -0.361. The molecule has 134 valence electrons. The molecule has 25 heavy (non-hydrogen) atoms. The van der Waals surface area contributed by atoms with Gasteiger partial charge in [-0.1, -0.05) is 31.2 Å². The number of esters is 1. The van der Waals surface area contributed by atoms with Crippen molar-refractivity contribution in [2.24, 2.45) is 0 Å². The lowest BCUT2D eigenvalue weighted by Crippen LogP contribution is -2.24. The molecule has 0 saturated heterocycles. The minimum absolute atomic E-state index is 0.162. The Morgan fingerprint density at radius 2 is 2.00 bits per heavy atom. The van der Waals surface area contributed by atoms with Gasteiger partial charge in [-0.05, 0) is 25.8 Å². The zero-order chi connectivity index (χ0) is 18.2. The Morgan fingerprint density at radius 1 is 1.28 bits per heavy atom. The van der Waals surface area contributed by atoms with E-state index in [9.17, 15) is 9.59 Å². The number of aromatic nitrogens is 1. The topological polar surface area (TPSA) is 68.3 Å². The molecule has 1 aromatic carbocycles. The monoisotopic (exact) mass is 378 g/mol. The SMILES string of the molecule is CCOC(=O)CS[C@@H](C)C(=O)Nc1nc(-c2ccc(CC)cc2)cs1. The molecule has 5 nitrogen and oxygen atoms in total. The first-order valence-electron chi connectivity index (χ1n) is 8.16. The standard InChI is InChI=1S/C18H22N2O3S2/c1-4-13-6-8-14(9-7-13)15-10-25-18(19-15)20-17(22)12(3)24-11-16(21)23-5-2/h6-10,12H,4-5,11H2,1-3H3,(H,19,20,22)/t12-/m0/s1. The zero-order valence-corrected chi connectivity index (χ0v) is 16.2. The third-order valence-corrected chi connectivity index (χ3v) is 5.39. The zero-order valence-electron chi connectivity index (χ0n) is 14.6. The molecule has 2 aromatic rings. The molecule has 0 spiro atoms. The van der Waals surface area contributed by atoms with Crippen LogP contribution in [0.3, 0.4) is 0 Å². The highest BCUT2D eigenvalue weighted by Gasteiger charge is 2.17. The van der Waals surface area contributed by atoms with Crippen LogP contribution in [0.4, 0.5) is 5.13 Å². The summed E-state index contributed by atoms with van der Waals surface area (Å²) in [4.78, 5) is 28.0. The van der Waals surface area contributed by atoms with Gasteiger partial charge in [0.25, 0.3) is 0 Å². The van der Waals surface area contributed by atoms with Gasteiger partial charge in [0, 0.05) is 10.9 Å². The van der Waals surface area contributed by atoms with Gasteiger partial charge in [-0.15, -0.1) is 23.1 Å². The number of benzene rings is 1. The lowest BCUT2D eigenvalue weighted by molar-refractivity contribution is -0.139. The summed E-state index contributed by atoms with van der Waals surface area (Å²) >= 11 is 2.64. The number of carbonyl (C=O) groups is 2. The Bertz CT molecular complexity index is 713. The first-order valence-corrected chi connectivity index (χ1v) is 10.1.